The van der Waals surface area contributed by atoms with Crippen molar-refractivity contribution in [1.82, 2.24) is 0 Å². The summed E-state index contributed by atoms with van der Waals surface area (Å²) >= 11 is 3.25. The van der Waals surface area contributed by atoms with Crippen molar-refractivity contribution in [1.29, 1.82) is 0 Å². The maximum Gasteiger partial charge on any atom is 0.521 e. The van der Waals surface area contributed by atoms with Crippen LogP contribution in [0.15, 0.2) is 0 Å². The van der Waals surface area contributed by atoms with Crippen LogP contribution in [0.1, 0.15) is 20.8 Å². The molecule has 0 atom stereocenters. The highest BCUT2D eigenvalue weighted by atomic mass is 32.1. The third-order valence-corrected chi connectivity index (χ3v) is 0.613. The lowest BCUT2D eigenvalue weighted by Crippen LogP contribution is -2.22. The predicted octanol–water partition coefficient (Wildman–Crippen LogP) is 1.78. The molecule has 9 heavy (non-hydrogen) atoms. The van der Waals surface area contributed by atoms with Crippen LogP contribution in [0.3, 0.4) is 0 Å². The Morgan fingerprint density at radius 3 is 2.00 bits per heavy atom. The van der Waals surface area contributed by atoms with Crippen LogP contribution in [0.25, 0.3) is 0 Å². The van der Waals surface area contributed by atoms with Gasteiger partial charge in [-0.25, -0.2) is 4.79 Å². The van der Waals surface area contributed by atoms with E-state index in [1.54, 1.807) is 20.8 Å². The molecule has 54 valence electrons. The van der Waals surface area contributed by atoms with Gasteiger partial charge in [0, 0.05) is 12.9 Å². The van der Waals surface area contributed by atoms with E-state index >= 15 is 0 Å². The number of rotatable bonds is 0. The SMILES string of the molecule is CC(C)(C)OC(=O)OS. The second-order valence-electron chi connectivity index (χ2n) is 2.56. The first-order valence-electron chi connectivity index (χ1n) is 2.50. The van der Waals surface area contributed by atoms with Gasteiger partial charge in [0.2, 0.25) is 0 Å². The summed E-state index contributed by atoms with van der Waals surface area (Å²) in [6.07, 6.45) is -0.772. The van der Waals surface area contributed by atoms with Gasteiger partial charge in [0.05, 0.1) is 0 Å². The number of hydrogen-bond donors (Lipinski definition) is 1. The van der Waals surface area contributed by atoms with E-state index in [2.05, 4.69) is 21.8 Å². The van der Waals surface area contributed by atoms with Crippen molar-refractivity contribution in [2.75, 3.05) is 0 Å². The molecule has 0 saturated heterocycles. The van der Waals surface area contributed by atoms with Gasteiger partial charge in [-0.2, -0.15) is 0 Å². The lowest BCUT2D eigenvalue weighted by molar-refractivity contribution is 0.0255. The van der Waals surface area contributed by atoms with E-state index in [1.165, 1.54) is 0 Å². The van der Waals surface area contributed by atoms with E-state index in [0.717, 1.165) is 0 Å². The van der Waals surface area contributed by atoms with Gasteiger partial charge < -0.3 is 8.92 Å². The van der Waals surface area contributed by atoms with E-state index in [-0.39, 0.29) is 0 Å². The van der Waals surface area contributed by atoms with E-state index < -0.39 is 11.8 Å². The van der Waals surface area contributed by atoms with Crippen molar-refractivity contribution in [3.8, 4) is 0 Å². The molecule has 0 N–H and O–H groups in total. The summed E-state index contributed by atoms with van der Waals surface area (Å²) in [6, 6.07) is 0. The quantitative estimate of drug-likeness (QED) is 0.325. The average molecular weight is 150 g/mol. The van der Waals surface area contributed by atoms with Gasteiger partial charge in [-0.05, 0) is 20.8 Å². The number of thiol groups is 1. The van der Waals surface area contributed by atoms with Gasteiger partial charge in [0.15, 0.2) is 0 Å². The van der Waals surface area contributed by atoms with Gasteiger partial charge in [0.25, 0.3) is 0 Å². The van der Waals surface area contributed by atoms with E-state index in [0.29, 0.717) is 0 Å². The van der Waals surface area contributed by atoms with Crippen LogP contribution >= 0.6 is 12.9 Å². The van der Waals surface area contributed by atoms with Crippen LogP contribution in [0.5, 0.6) is 0 Å². The number of carbonyl (C=O) groups excluding carboxylic acids is 1. The molecule has 0 aromatic heterocycles. The highest BCUT2D eigenvalue weighted by molar-refractivity contribution is 7.75. The average Bonchev–Trinajstić information content (AvgIpc) is 1.62. The molecular weight excluding hydrogens is 140 g/mol. The fraction of sp³-hybridized carbons (Fsp3) is 0.800. The second kappa shape index (κ2) is 2.96. The first-order valence-corrected chi connectivity index (χ1v) is 2.86. The van der Waals surface area contributed by atoms with Crippen molar-refractivity contribution < 1.29 is 13.7 Å². The third kappa shape index (κ3) is 5.49. The molecule has 0 rings (SSSR count). The Hall–Kier alpha value is -0.380. The van der Waals surface area contributed by atoms with Gasteiger partial charge in [-0.1, -0.05) is 0 Å². The van der Waals surface area contributed by atoms with Crippen LogP contribution in [-0.4, -0.2) is 11.8 Å². The summed E-state index contributed by atoms with van der Waals surface area (Å²) in [5.74, 6) is 0. The number of ether oxygens (including phenoxy) is 1. The van der Waals surface area contributed by atoms with Crippen molar-refractivity contribution in [3.63, 3.8) is 0 Å². The van der Waals surface area contributed by atoms with Crippen LogP contribution in [-0.2, 0) is 8.92 Å². The summed E-state index contributed by atoms with van der Waals surface area (Å²) in [4.78, 5) is 10.3. The highest BCUT2D eigenvalue weighted by Gasteiger charge is 2.16. The summed E-state index contributed by atoms with van der Waals surface area (Å²) in [5, 5.41) is 0. The zero-order valence-corrected chi connectivity index (χ0v) is 6.57. The molecule has 0 aliphatic carbocycles. The minimum atomic E-state index is -0.772. The molecule has 0 aliphatic heterocycles. The molecule has 0 aromatic rings. The standard InChI is InChI=1S/C5H10O3S/c1-5(2,3)7-4(6)8-9/h9H,1-3H3. The Bertz CT molecular complexity index is 105. The zero-order valence-electron chi connectivity index (χ0n) is 5.67. The Morgan fingerprint density at radius 2 is 1.89 bits per heavy atom. The summed E-state index contributed by atoms with van der Waals surface area (Å²) in [5.41, 5.74) is -0.500. The second-order valence-corrected chi connectivity index (χ2v) is 2.74. The van der Waals surface area contributed by atoms with Crippen LogP contribution in [0.4, 0.5) is 4.79 Å². The Labute approximate surface area is 60.0 Å². The Balaban J connectivity index is 3.60. The molecule has 0 spiro atoms. The lowest BCUT2D eigenvalue weighted by atomic mass is 10.2. The lowest BCUT2D eigenvalue weighted by Gasteiger charge is -2.16. The van der Waals surface area contributed by atoms with Gasteiger partial charge in [-0.15, -0.1) is 0 Å². The maximum absolute atomic E-state index is 10.3. The van der Waals surface area contributed by atoms with E-state index in [9.17, 15) is 4.79 Å². The third-order valence-electron chi connectivity index (χ3n) is 0.464. The molecule has 3 nitrogen and oxygen atoms in total. The normalized spacial score (nSPS) is 10.7. The first kappa shape index (κ1) is 8.62. The van der Waals surface area contributed by atoms with Crippen molar-refractivity contribution in [3.05, 3.63) is 0 Å². The largest absolute Gasteiger partial charge is 0.521 e. The smallest absolute Gasteiger partial charge is 0.428 e. The van der Waals surface area contributed by atoms with Crippen molar-refractivity contribution >= 4 is 19.1 Å². The highest BCUT2D eigenvalue weighted by Crippen LogP contribution is 2.08. The van der Waals surface area contributed by atoms with Crippen molar-refractivity contribution in [2.45, 2.75) is 26.4 Å². The molecule has 0 radical (unpaired) electrons. The van der Waals surface area contributed by atoms with Gasteiger partial charge >= 0.3 is 6.16 Å². The summed E-state index contributed by atoms with van der Waals surface area (Å²) in [7, 11) is 0. The molecular formula is C5H10O3S. The van der Waals surface area contributed by atoms with Gasteiger partial charge in [0.1, 0.15) is 5.60 Å². The Morgan fingerprint density at radius 1 is 1.44 bits per heavy atom. The molecule has 0 amide bonds. The fourth-order valence-corrected chi connectivity index (χ4v) is 0.306. The molecule has 0 bridgehead atoms. The molecule has 4 heteroatoms. The fourth-order valence-electron chi connectivity index (χ4n) is 0.269. The minimum absolute atomic E-state index is 0.500. The molecule has 0 saturated carbocycles. The molecule has 0 heterocycles. The van der Waals surface area contributed by atoms with E-state index in [4.69, 9.17) is 0 Å². The predicted molar refractivity (Wildman–Crippen MR) is 36.3 cm³/mol. The van der Waals surface area contributed by atoms with Crippen molar-refractivity contribution in [2.24, 2.45) is 0 Å². The number of carbonyl (C=O) groups is 1. The summed E-state index contributed by atoms with van der Waals surface area (Å²) < 4.78 is 8.61. The molecule has 0 fully saturated rings. The minimum Gasteiger partial charge on any atom is -0.428 e. The monoisotopic (exact) mass is 150 g/mol. The maximum atomic E-state index is 10.3. The topological polar surface area (TPSA) is 35.5 Å². The number of hydrogen-bond acceptors (Lipinski definition) is 4. The van der Waals surface area contributed by atoms with Crippen LogP contribution < -0.4 is 0 Å². The van der Waals surface area contributed by atoms with Crippen LogP contribution in [0.2, 0.25) is 0 Å². The molecule has 0 aromatic carbocycles. The molecule has 0 unspecified atom stereocenters. The zero-order chi connectivity index (χ0) is 7.49. The van der Waals surface area contributed by atoms with Gasteiger partial charge in [-0.3, -0.25) is 0 Å². The first-order chi connectivity index (χ1) is 3.95. The molecule has 0 aliphatic rings. The van der Waals surface area contributed by atoms with Crippen LogP contribution in [0, 0.1) is 0 Å². The Kier molecular flexibility index (Phi) is 2.84. The van der Waals surface area contributed by atoms with E-state index in [1.807, 2.05) is 0 Å². The summed E-state index contributed by atoms with van der Waals surface area (Å²) in [6.45, 7) is 5.24.